The zero-order chi connectivity index (χ0) is 13.6. The molecule has 100 valence electrons. The highest BCUT2D eigenvalue weighted by molar-refractivity contribution is 7.91. The number of hydrogen-bond donors (Lipinski definition) is 2. The highest BCUT2D eigenvalue weighted by atomic mass is 35.5. The number of aliphatic hydroxyl groups excluding tert-OH is 2. The SMILES string of the molecule is CS(=O)(=O)C1C(c2ccc(Cl)cc2)C1(CO)CO. The molecule has 2 rings (SSSR count). The molecule has 0 aliphatic heterocycles. The van der Waals surface area contributed by atoms with Crippen molar-refractivity contribution in [2.24, 2.45) is 5.41 Å². The predicted molar refractivity (Wildman–Crippen MR) is 69.4 cm³/mol. The fraction of sp³-hybridized carbons (Fsp3) is 0.500. The molecule has 2 atom stereocenters. The smallest absolute Gasteiger partial charge is 0.151 e. The van der Waals surface area contributed by atoms with Crippen molar-refractivity contribution in [1.29, 1.82) is 0 Å². The van der Waals surface area contributed by atoms with Crippen LogP contribution in [0.1, 0.15) is 11.5 Å². The second-order valence-corrected chi connectivity index (χ2v) is 7.43. The van der Waals surface area contributed by atoms with Crippen LogP contribution in [-0.4, -0.2) is 43.4 Å². The van der Waals surface area contributed by atoms with E-state index in [4.69, 9.17) is 11.6 Å². The summed E-state index contributed by atoms with van der Waals surface area (Å²) in [5, 5.41) is 18.7. The molecule has 4 nitrogen and oxygen atoms in total. The zero-order valence-corrected chi connectivity index (χ0v) is 11.4. The summed E-state index contributed by atoms with van der Waals surface area (Å²) in [5.41, 5.74) is -0.195. The molecule has 6 heteroatoms. The molecule has 0 radical (unpaired) electrons. The first-order valence-electron chi connectivity index (χ1n) is 5.53. The van der Waals surface area contributed by atoms with Gasteiger partial charge in [0.05, 0.1) is 18.5 Å². The van der Waals surface area contributed by atoms with E-state index in [-0.39, 0.29) is 19.1 Å². The summed E-state index contributed by atoms with van der Waals surface area (Å²) < 4.78 is 23.5. The molecule has 0 amide bonds. The summed E-state index contributed by atoms with van der Waals surface area (Å²) in [4.78, 5) is 0. The van der Waals surface area contributed by atoms with Crippen LogP contribution in [0.3, 0.4) is 0 Å². The maximum absolute atomic E-state index is 11.7. The van der Waals surface area contributed by atoms with Crippen LogP contribution in [0.25, 0.3) is 0 Å². The van der Waals surface area contributed by atoms with Crippen molar-refractivity contribution in [3.05, 3.63) is 34.9 Å². The van der Waals surface area contributed by atoms with E-state index < -0.39 is 20.5 Å². The van der Waals surface area contributed by atoms with Crippen LogP contribution in [0.5, 0.6) is 0 Å². The Kier molecular flexibility index (Phi) is 3.44. The number of sulfone groups is 1. The summed E-state index contributed by atoms with van der Waals surface area (Å²) in [6, 6.07) is 6.82. The molecule has 1 aliphatic rings. The molecule has 1 fully saturated rings. The van der Waals surface area contributed by atoms with Gasteiger partial charge in [0.1, 0.15) is 0 Å². The van der Waals surface area contributed by atoms with Crippen molar-refractivity contribution in [1.82, 2.24) is 0 Å². The lowest BCUT2D eigenvalue weighted by atomic mass is 10.0. The molecule has 0 heterocycles. The molecule has 18 heavy (non-hydrogen) atoms. The summed E-state index contributed by atoms with van der Waals surface area (Å²) in [6.45, 7) is -0.705. The van der Waals surface area contributed by atoms with Gasteiger partial charge >= 0.3 is 0 Å². The second kappa shape index (κ2) is 4.49. The Morgan fingerprint density at radius 1 is 1.22 bits per heavy atom. The highest BCUT2D eigenvalue weighted by Gasteiger charge is 2.69. The third-order valence-electron chi connectivity index (χ3n) is 3.66. The van der Waals surface area contributed by atoms with Gasteiger partial charge in [0.2, 0.25) is 0 Å². The van der Waals surface area contributed by atoms with Gasteiger partial charge in [0.15, 0.2) is 9.84 Å². The first kappa shape index (κ1) is 13.8. The molecule has 0 bridgehead atoms. The maximum atomic E-state index is 11.7. The average molecular weight is 291 g/mol. The lowest BCUT2D eigenvalue weighted by Crippen LogP contribution is -2.22. The fourth-order valence-corrected chi connectivity index (χ4v) is 4.85. The van der Waals surface area contributed by atoms with Crippen LogP contribution in [0.2, 0.25) is 5.02 Å². The minimum absolute atomic E-state index is 0.353. The van der Waals surface area contributed by atoms with Crippen LogP contribution in [0, 0.1) is 5.41 Å². The van der Waals surface area contributed by atoms with Gasteiger partial charge in [0, 0.05) is 22.6 Å². The van der Waals surface area contributed by atoms with Crippen molar-refractivity contribution in [3.63, 3.8) is 0 Å². The van der Waals surface area contributed by atoms with E-state index in [0.717, 1.165) is 11.8 Å². The fourth-order valence-electron chi connectivity index (χ4n) is 2.73. The van der Waals surface area contributed by atoms with Crippen molar-refractivity contribution < 1.29 is 18.6 Å². The van der Waals surface area contributed by atoms with Crippen LogP contribution in [0.15, 0.2) is 24.3 Å². The van der Waals surface area contributed by atoms with Crippen molar-refractivity contribution in [2.45, 2.75) is 11.2 Å². The van der Waals surface area contributed by atoms with Gasteiger partial charge in [-0.2, -0.15) is 0 Å². The monoisotopic (exact) mass is 290 g/mol. The number of aliphatic hydroxyl groups is 2. The molecule has 0 aromatic heterocycles. The molecule has 0 saturated heterocycles. The summed E-state index contributed by atoms with van der Waals surface area (Å²) >= 11 is 5.78. The van der Waals surface area contributed by atoms with Gasteiger partial charge in [-0.05, 0) is 17.7 Å². The van der Waals surface area contributed by atoms with Gasteiger partial charge in [-0.1, -0.05) is 23.7 Å². The Hall–Kier alpha value is -0.620. The first-order valence-corrected chi connectivity index (χ1v) is 7.86. The Morgan fingerprint density at radius 3 is 2.06 bits per heavy atom. The van der Waals surface area contributed by atoms with Gasteiger partial charge in [-0.3, -0.25) is 0 Å². The normalized spacial score (nSPS) is 26.0. The van der Waals surface area contributed by atoms with E-state index in [1.54, 1.807) is 24.3 Å². The highest BCUT2D eigenvalue weighted by Crippen LogP contribution is 2.62. The molecule has 0 spiro atoms. The van der Waals surface area contributed by atoms with Gasteiger partial charge in [0.25, 0.3) is 0 Å². The van der Waals surface area contributed by atoms with E-state index in [2.05, 4.69) is 0 Å². The molecular weight excluding hydrogens is 276 g/mol. The quantitative estimate of drug-likeness (QED) is 0.861. The summed E-state index contributed by atoms with van der Waals surface area (Å²) in [6.07, 6.45) is 1.13. The van der Waals surface area contributed by atoms with Crippen molar-refractivity contribution in [2.75, 3.05) is 19.5 Å². The number of benzene rings is 1. The van der Waals surface area contributed by atoms with Crippen molar-refractivity contribution >= 4 is 21.4 Å². The van der Waals surface area contributed by atoms with Crippen molar-refractivity contribution in [3.8, 4) is 0 Å². The summed E-state index contributed by atoms with van der Waals surface area (Å²) in [5.74, 6) is -0.375. The number of halogens is 1. The van der Waals surface area contributed by atoms with E-state index in [1.165, 1.54) is 0 Å². The van der Waals surface area contributed by atoms with E-state index in [1.807, 2.05) is 0 Å². The van der Waals surface area contributed by atoms with Gasteiger partial charge < -0.3 is 10.2 Å². The lowest BCUT2D eigenvalue weighted by Gasteiger charge is -2.10. The minimum Gasteiger partial charge on any atom is -0.396 e. The molecule has 1 aliphatic carbocycles. The third-order valence-corrected chi connectivity index (χ3v) is 5.57. The minimum atomic E-state index is -3.32. The molecule has 2 unspecified atom stereocenters. The Morgan fingerprint density at radius 2 is 1.72 bits per heavy atom. The van der Waals surface area contributed by atoms with E-state index >= 15 is 0 Å². The average Bonchev–Trinajstić information content (AvgIpc) is 3.00. The Balaban J connectivity index is 2.41. The van der Waals surface area contributed by atoms with Crippen LogP contribution in [0.4, 0.5) is 0 Å². The van der Waals surface area contributed by atoms with Crippen LogP contribution < -0.4 is 0 Å². The largest absolute Gasteiger partial charge is 0.396 e. The third kappa shape index (κ3) is 2.05. The second-order valence-electron chi connectivity index (χ2n) is 4.83. The zero-order valence-electron chi connectivity index (χ0n) is 9.88. The molecule has 1 saturated carbocycles. The summed E-state index contributed by atoms with van der Waals surface area (Å²) in [7, 11) is -3.32. The van der Waals surface area contributed by atoms with E-state index in [0.29, 0.717) is 5.02 Å². The molecular formula is C12H15ClO4S. The predicted octanol–water partition coefficient (Wildman–Crippen LogP) is 0.821. The van der Waals surface area contributed by atoms with Crippen LogP contribution >= 0.6 is 11.6 Å². The maximum Gasteiger partial charge on any atom is 0.151 e. The number of hydrogen-bond acceptors (Lipinski definition) is 4. The van der Waals surface area contributed by atoms with E-state index in [9.17, 15) is 18.6 Å². The first-order chi connectivity index (χ1) is 8.36. The lowest BCUT2D eigenvalue weighted by molar-refractivity contribution is 0.130. The molecule has 2 N–H and O–H groups in total. The van der Waals surface area contributed by atoms with Crippen LogP contribution in [-0.2, 0) is 9.84 Å². The van der Waals surface area contributed by atoms with Gasteiger partial charge in [-0.15, -0.1) is 0 Å². The standard InChI is InChI=1S/C12H15ClO4S/c1-18(16,17)11-10(12(11,6-14)7-15)8-2-4-9(13)5-3-8/h2-5,10-11,14-15H,6-7H2,1H3. The van der Waals surface area contributed by atoms with Gasteiger partial charge in [-0.25, -0.2) is 8.42 Å². The molecule has 1 aromatic carbocycles. The Bertz CT molecular complexity index is 534. The number of rotatable bonds is 4. The molecule has 1 aromatic rings. The Labute approximate surface area is 111 Å². The topological polar surface area (TPSA) is 74.6 Å².